The van der Waals surface area contributed by atoms with Gasteiger partial charge in [-0.05, 0) is 43.3 Å². The molecule has 2 aromatic carbocycles. The Morgan fingerprint density at radius 2 is 1.94 bits per heavy atom. The second kappa shape index (κ2) is 8.92. The number of hydrogen-bond donors (Lipinski definition) is 1. The Morgan fingerprint density at radius 1 is 1.13 bits per heavy atom. The molecule has 2 heterocycles. The maximum atomic E-state index is 12.9. The maximum Gasteiger partial charge on any atom is 0.275 e. The first-order chi connectivity index (χ1) is 15.0. The number of carbonyl (C=O) groups is 1. The molecule has 0 aliphatic carbocycles. The van der Waals surface area contributed by atoms with Crippen molar-refractivity contribution in [2.75, 3.05) is 11.9 Å². The van der Waals surface area contributed by atoms with Crippen LogP contribution in [0.25, 0.3) is 4.96 Å². The van der Waals surface area contributed by atoms with Crippen molar-refractivity contribution in [2.24, 2.45) is 0 Å². The Balaban J connectivity index is 1.35. The molecule has 1 N–H and O–H groups in total. The third-order valence-electron chi connectivity index (χ3n) is 4.09. The molecule has 8 nitrogen and oxygen atoms in total. The van der Waals surface area contributed by atoms with Crippen LogP contribution in [0, 0.1) is 12.7 Å². The molecule has 31 heavy (non-hydrogen) atoms. The van der Waals surface area contributed by atoms with Crippen LogP contribution in [0.4, 0.5) is 10.1 Å². The van der Waals surface area contributed by atoms with Crippen molar-refractivity contribution in [1.82, 2.24) is 14.6 Å². The number of ether oxygens (including phenoxy) is 2. The van der Waals surface area contributed by atoms with Crippen LogP contribution in [0.5, 0.6) is 11.5 Å². The molecule has 4 rings (SSSR count). The average molecular weight is 440 g/mol. The zero-order valence-corrected chi connectivity index (χ0v) is 17.2. The summed E-state index contributed by atoms with van der Waals surface area (Å²) >= 11 is 1.32. The zero-order valence-electron chi connectivity index (χ0n) is 16.4. The van der Waals surface area contributed by atoms with Gasteiger partial charge in [-0.15, -0.1) is 0 Å². The van der Waals surface area contributed by atoms with E-state index >= 15 is 0 Å². The molecule has 0 saturated heterocycles. The van der Waals surface area contributed by atoms with Crippen molar-refractivity contribution in [3.05, 3.63) is 81.5 Å². The molecule has 10 heteroatoms. The summed E-state index contributed by atoms with van der Waals surface area (Å²) in [6.45, 7) is 1.67. The Kier molecular flexibility index (Phi) is 5.89. The van der Waals surface area contributed by atoms with Crippen LogP contribution in [0.15, 0.2) is 59.4 Å². The van der Waals surface area contributed by atoms with E-state index in [1.54, 1.807) is 31.2 Å². The highest BCUT2D eigenvalue weighted by Crippen LogP contribution is 2.19. The van der Waals surface area contributed by atoms with Gasteiger partial charge in [-0.3, -0.25) is 9.59 Å². The highest BCUT2D eigenvalue weighted by Gasteiger charge is 2.09. The quantitative estimate of drug-likeness (QED) is 0.474. The molecule has 0 aliphatic rings. The molecule has 0 aliphatic heterocycles. The van der Waals surface area contributed by atoms with Crippen molar-refractivity contribution in [3.63, 3.8) is 0 Å². The van der Waals surface area contributed by atoms with Gasteiger partial charge in [0.25, 0.3) is 11.5 Å². The van der Waals surface area contributed by atoms with E-state index in [2.05, 4.69) is 15.4 Å². The fraction of sp³-hybridized carbons (Fsp3) is 0.143. The molecule has 158 valence electrons. The molecule has 0 bridgehead atoms. The third kappa shape index (κ3) is 5.23. The fourth-order valence-electron chi connectivity index (χ4n) is 2.72. The topological polar surface area (TPSA) is 94.8 Å². The van der Waals surface area contributed by atoms with Crippen LogP contribution in [0.1, 0.15) is 10.7 Å². The number of carbonyl (C=O) groups excluding carboxylic acids is 1. The molecule has 0 spiro atoms. The van der Waals surface area contributed by atoms with Gasteiger partial charge in [-0.2, -0.15) is 9.61 Å². The van der Waals surface area contributed by atoms with Crippen LogP contribution in [0.2, 0.25) is 0 Å². The zero-order chi connectivity index (χ0) is 21.8. The van der Waals surface area contributed by atoms with Gasteiger partial charge in [0.05, 0.1) is 5.69 Å². The third-order valence-corrected chi connectivity index (χ3v) is 4.91. The summed E-state index contributed by atoms with van der Waals surface area (Å²) in [5, 5.41) is 7.55. The van der Waals surface area contributed by atoms with Crippen molar-refractivity contribution < 1.29 is 18.7 Å². The van der Waals surface area contributed by atoms with E-state index in [0.717, 1.165) is 5.01 Å². The van der Waals surface area contributed by atoms with Crippen molar-refractivity contribution >= 4 is 27.9 Å². The Bertz CT molecular complexity index is 1290. The largest absolute Gasteiger partial charge is 0.487 e. The molecular formula is C21H17FN4O4S. The molecule has 0 fully saturated rings. The molecule has 1 amide bonds. The van der Waals surface area contributed by atoms with Gasteiger partial charge < -0.3 is 14.8 Å². The lowest BCUT2D eigenvalue weighted by Gasteiger charge is -2.10. The number of nitrogens with one attached hydrogen (secondary N) is 1. The number of amides is 1. The number of rotatable bonds is 7. The second-order valence-electron chi connectivity index (χ2n) is 6.51. The van der Waals surface area contributed by atoms with E-state index in [1.165, 1.54) is 46.2 Å². The first-order valence-corrected chi connectivity index (χ1v) is 10.1. The molecular weight excluding hydrogens is 423 g/mol. The summed E-state index contributed by atoms with van der Waals surface area (Å²) in [4.78, 5) is 29.1. The number of benzene rings is 2. The van der Waals surface area contributed by atoms with Crippen LogP contribution < -0.4 is 20.3 Å². The second-order valence-corrected chi connectivity index (χ2v) is 7.67. The summed E-state index contributed by atoms with van der Waals surface area (Å²) in [6, 6.07) is 13.6. The summed E-state index contributed by atoms with van der Waals surface area (Å²) in [6.07, 6.45) is 0. The molecule has 0 saturated carbocycles. The van der Waals surface area contributed by atoms with E-state index in [-0.39, 0.29) is 30.5 Å². The predicted octanol–water partition coefficient (Wildman–Crippen LogP) is 3.20. The van der Waals surface area contributed by atoms with Crippen LogP contribution in [-0.2, 0) is 11.4 Å². The predicted molar refractivity (Wildman–Crippen MR) is 113 cm³/mol. The van der Waals surface area contributed by atoms with Gasteiger partial charge >= 0.3 is 0 Å². The summed E-state index contributed by atoms with van der Waals surface area (Å²) in [5.41, 5.74) is 0.734. The lowest BCUT2D eigenvalue weighted by atomic mass is 10.3. The van der Waals surface area contributed by atoms with Crippen molar-refractivity contribution in [2.45, 2.75) is 13.5 Å². The van der Waals surface area contributed by atoms with Gasteiger partial charge in [0.15, 0.2) is 6.61 Å². The van der Waals surface area contributed by atoms with Gasteiger partial charge in [0, 0.05) is 17.8 Å². The summed E-state index contributed by atoms with van der Waals surface area (Å²) in [5.74, 6) is 0.142. The number of nitrogens with zero attached hydrogens (tertiary/aromatic N) is 3. The fourth-order valence-corrected chi connectivity index (χ4v) is 3.49. The van der Waals surface area contributed by atoms with Crippen LogP contribution in [0.3, 0.4) is 0 Å². The SMILES string of the molecule is Cc1nn2c(=O)cc(COc3cccc(NC(=O)COc4ccc(F)cc4)c3)nc2s1. The minimum absolute atomic E-state index is 0.0910. The number of halogens is 1. The highest BCUT2D eigenvalue weighted by atomic mass is 32.1. The van der Waals surface area contributed by atoms with Crippen LogP contribution in [-0.4, -0.2) is 27.1 Å². The monoisotopic (exact) mass is 440 g/mol. The molecule has 4 aromatic rings. The number of aryl methyl sites for hydroxylation is 1. The summed E-state index contributed by atoms with van der Waals surface area (Å²) in [7, 11) is 0. The van der Waals surface area contributed by atoms with E-state index in [1.807, 2.05) is 0 Å². The lowest BCUT2D eigenvalue weighted by Crippen LogP contribution is -2.20. The van der Waals surface area contributed by atoms with E-state index in [0.29, 0.717) is 27.8 Å². The van der Waals surface area contributed by atoms with Crippen LogP contribution >= 0.6 is 11.3 Å². The number of anilines is 1. The van der Waals surface area contributed by atoms with E-state index in [9.17, 15) is 14.0 Å². The van der Waals surface area contributed by atoms with E-state index < -0.39 is 0 Å². The lowest BCUT2D eigenvalue weighted by molar-refractivity contribution is -0.118. The molecule has 0 unspecified atom stereocenters. The Morgan fingerprint density at radius 3 is 2.74 bits per heavy atom. The number of aromatic nitrogens is 3. The minimum atomic E-state index is -0.379. The molecule has 2 aromatic heterocycles. The maximum absolute atomic E-state index is 12.9. The average Bonchev–Trinajstić information content (AvgIpc) is 3.13. The first-order valence-electron chi connectivity index (χ1n) is 9.24. The first kappa shape index (κ1) is 20.5. The minimum Gasteiger partial charge on any atom is -0.487 e. The number of fused-ring (bicyclic) bond motifs is 1. The smallest absolute Gasteiger partial charge is 0.275 e. The van der Waals surface area contributed by atoms with Gasteiger partial charge in [0.1, 0.15) is 28.9 Å². The standard InChI is InChI=1S/C21H17FN4O4S/c1-13-25-26-20(28)10-16(24-21(26)31-13)11-29-18-4-2-3-15(9-18)23-19(27)12-30-17-7-5-14(22)6-8-17/h2-10H,11-12H2,1H3,(H,23,27). The van der Waals surface area contributed by atoms with E-state index in [4.69, 9.17) is 9.47 Å². The highest BCUT2D eigenvalue weighted by molar-refractivity contribution is 7.16. The molecule has 0 atom stereocenters. The Labute approximate surface area is 179 Å². The normalized spacial score (nSPS) is 10.8. The summed E-state index contributed by atoms with van der Waals surface area (Å²) < 4.78 is 25.2. The molecule has 0 radical (unpaired) electrons. The van der Waals surface area contributed by atoms with Crippen molar-refractivity contribution in [3.8, 4) is 11.5 Å². The number of hydrogen-bond acceptors (Lipinski definition) is 7. The van der Waals surface area contributed by atoms with Gasteiger partial charge in [0.2, 0.25) is 4.96 Å². The Hall–Kier alpha value is -3.79. The van der Waals surface area contributed by atoms with Gasteiger partial charge in [-0.25, -0.2) is 9.37 Å². The van der Waals surface area contributed by atoms with Gasteiger partial charge in [-0.1, -0.05) is 17.4 Å². The van der Waals surface area contributed by atoms with Crippen molar-refractivity contribution in [1.29, 1.82) is 0 Å².